The van der Waals surface area contributed by atoms with Crippen LogP contribution in [0.3, 0.4) is 0 Å². The number of halogens is 9. The molecule has 13 heteroatoms. The number of nitrogens with zero attached hydrogens (tertiary/aromatic N) is 3. The largest absolute Gasteiger partial charge is 0.433 e. The smallest absolute Gasteiger partial charge is 0.322 e. The highest BCUT2D eigenvalue weighted by Gasteiger charge is 2.36. The first kappa shape index (κ1) is 25.4. The zero-order chi connectivity index (χ0) is 25.3. The van der Waals surface area contributed by atoms with Gasteiger partial charge in [0.05, 0.1) is 11.7 Å². The first-order valence-corrected chi connectivity index (χ1v) is 9.53. The lowest BCUT2D eigenvalue weighted by atomic mass is 9.88. The highest BCUT2D eigenvalue weighted by molar-refractivity contribution is 5.26. The molecule has 2 unspecified atom stereocenters. The van der Waals surface area contributed by atoms with Crippen molar-refractivity contribution in [3.63, 3.8) is 0 Å². The molecule has 0 radical (unpaired) electrons. The van der Waals surface area contributed by atoms with Gasteiger partial charge in [-0.15, -0.1) is 0 Å². The number of alkyl halides is 9. The van der Waals surface area contributed by atoms with Crippen LogP contribution in [0.15, 0.2) is 54.6 Å². The fraction of sp³-hybridized carbons (Fsp3) is 0.286. The summed E-state index contributed by atoms with van der Waals surface area (Å²) < 4.78 is 118. The average Bonchev–Trinajstić information content (AvgIpc) is 2.76. The Kier molecular flexibility index (Phi) is 6.87. The van der Waals surface area contributed by atoms with Crippen LogP contribution in [0.2, 0.25) is 0 Å². The van der Waals surface area contributed by atoms with Crippen LogP contribution < -0.4 is 5.73 Å². The van der Waals surface area contributed by atoms with E-state index in [0.29, 0.717) is 18.2 Å². The van der Waals surface area contributed by atoms with Crippen LogP contribution in [-0.4, -0.2) is 15.0 Å². The molecular formula is C21H15F9N4. The Labute approximate surface area is 186 Å². The van der Waals surface area contributed by atoms with Crippen LogP contribution in [0.5, 0.6) is 0 Å². The van der Waals surface area contributed by atoms with E-state index in [2.05, 4.69) is 15.0 Å². The predicted molar refractivity (Wildman–Crippen MR) is 101 cm³/mol. The molecule has 0 aromatic carbocycles. The normalized spacial score (nSPS) is 14.6. The molecule has 0 amide bonds. The molecule has 2 atom stereocenters. The lowest BCUT2D eigenvalue weighted by Crippen LogP contribution is -2.26. The second-order valence-electron chi connectivity index (χ2n) is 7.24. The van der Waals surface area contributed by atoms with E-state index in [1.165, 1.54) is 6.07 Å². The molecule has 3 aromatic heterocycles. The van der Waals surface area contributed by atoms with Gasteiger partial charge in [0.2, 0.25) is 0 Å². The molecule has 0 aliphatic heterocycles. The van der Waals surface area contributed by atoms with E-state index in [9.17, 15) is 39.5 Å². The van der Waals surface area contributed by atoms with E-state index < -0.39 is 54.0 Å². The van der Waals surface area contributed by atoms with Gasteiger partial charge in [-0.05, 0) is 42.8 Å². The van der Waals surface area contributed by atoms with Gasteiger partial charge < -0.3 is 5.73 Å². The summed E-state index contributed by atoms with van der Waals surface area (Å²) in [5, 5.41) is 0. The van der Waals surface area contributed by atoms with Crippen LogP contribution in [-0.2, 0) is 24.9 Å². The zero-order valence-electron chi connectivity index (χ0n) is 16.9. The highest BCUT2D eigenvalue weighted by atomic mass is 19.4. The first-order chi connectivity index (χ1) is 15.7. The number of aromatic nitrogens is 3. The monoisotopic (exact) mass is 494 g/mol. The predicted octanol–water partition coefficient (Wildman–Crippen LogP) is 5.95. The fourth-order valence-corrected chi connectivity index (χ4v) is 3.21. The minimum absolute atomic E-state index is 0.193. The third-order valence-electron chi connectivity index (χ3n) is 4.80. The summed E-state index contributed by atoms with van der Waals surface area (Å²) in [5.41, 5.74) is 1.48. The van der Waals surface area contributed by atoms with E-state index in [1.54, 1.807) is 0 Å². The summed E-state index contributed by atoms with van der Waals surface area (Å²) in [4.78, 5) is 10.5. The lowest BCUT2D eigenvalue weighted by Gasteiger charge is -2.24. The van der Waals surface area contributed by atoms with Crippen molar-refractivity contribution >= 4 is 0 Å². The molecule has 0 saturated heterocycles. The van der Waals surface area contributed by atoms with Crippen molar-refractivity contribution in [3.8, 4) is 0 Å². The molecule has 0 saturated carbocycles. The number of hydrogen-bond donors (Lipinski definition) is 1. The highest BCUT2D eigenvalue weighted by Crippen LogP contribution is 2.36. The first-order valence-electron chi connectivity index (χ1n) is 9.53. The molecular weight excluding hydrogens is 479 g/mol. The maximum atomic E-state index is 13.2. The van der Waals surface area contributed by atoms with Crippen molar-refractivity contribution < 1.29 is 39.5 Å². The van der Waals surface area contributed by atoms with Gasteiger partial charge in [0.15, 0.2) is 0 Å². The van der Waals surface area contributed by atoms with Crippen LogP contribution in [0.1, 0.15) is 46.1 Å². The lowest BCUT2D eigenvalue weighted by molar-refractivity contribution is -0.142. The van der Waals surface area contributed by atoms with Gasteiger partial charge in [-0.2, -0.15) is 39.5 Å². The summed E-state index contributed by atoms with van der Waals surface area (Å²) >= 11 is 0. The van der Waals surface area contributed by atoms with Gasteiger partial charge in [-0.1, -0.05) is 18.2 Å². The number of nitrogens with two attached hydrogens (primary N) is 1. The second-order valence-corrected chi connectivity index (χ2v) is 7.24. The second kappa shape index (κ2) is 9.20. The van der Waals surface area contributed by atoms with E-state index in [0.717, 1.165) is 30.3 Å². The number of hydrogen-bond acceptors (Lipinski definition) is 4. The number of rotatable bonds is 5. The Balaban J connectivity index is 2.08. The maximum absolute atomic E-state index is 13.2. The summed E-state index contributed by atoms with van der Waals surface area (Å²) in [6, 6.07) is 7.19. The zero-order valence-corrected chi connectivity index (χ0v) is 16.9. The van der Waals surface area contributed by atoms with Gasteiger partial charge in [0.25, 0.3) is 0 Å². The maximum Gasteiger partial charge on any atom is 0.433 e. The van der Waals surface area contributed by atoms with Crippen LogP contribution in [0.25, 0.3) is 0 Å². The molecule has 0 aliphatic rings. The van der Waals surface area contributed by atoms with E-state index >= 15 is 0 Å². The van der Waals surface area contributed by atoms with Crippen molar-refractivity contribution in [1.29, 1.82) is 0 Å². The van der Waals surface area contributed by atoms with Crippen molar-refractivity contribution in [2.24, 2.45) is 5.73 Å². The van der Waals surface area contributed by atoms with Gasteiger partial charge >= 0.3 is 18.5 Å². The summed E-state index contributed by atoms with van der Waals surface area (Å²) in [6.45, 7) is 0. The van der Waals surface area contributed by atoms with Gasteiger partial charge in [-0.3, -0.25) is 0 Å². The molecule has 0 aliphatic carbocycles. The SMILES string of the molecule is NC(c1cccc(C(F)(F)F)n1)C(Cc1cccc(C(F)(F)F)n1)c1cccc(C(F)(F)F)n1. The fourth-order valence-electron chi connectivity index (χ4n) is 3.21. The van der Waals surface area contributed by atoms with Crippen molar-refractivity contribution in [2.45, 2.75) is 36.9 Å². The van der Waals surface area contributed by atoms with E-state index in [1.807, 2.05) is 0 Å². The van der Waals surface area contributed by atoms with Crippen LogP contribution >= 0.6 is 0 Å². The Hall–Kier alpha value is -3.22. The topological polar surface area (TPSA) is 64.7 Å². The number of pyridine rings is 3. The standard InChI is InChI=1S/C21H15F9N4/c22-19(23,24)15-7-1-4-11(32-15)10-12(13-5-2-8-16(33-13)20(25,26)27)18(31)14-6-3-9-17(34-14)21(28,29)30/h1-9,12,18H,10,31H2. The molecule has 0 bridgehead atoms. The van der Waals surface area contributed by atoms with Gasteiger partial charge in [0, 0.05) is 17.3 Å². The molecule has 3 rings (SSSR count). The Bertz CT molecular complexity index is 1140. The van der Waals surface area contributed by atoms with Crippen molar-refractivity contribution in [1.82, 2.24) is 15.0 Å². The van der Waals surface area contributed by atoms with E-state index in [-0.39, 0.29) is 17.1 Å². The molecule has 182 valence electrons. The third-order valence-corrected chi connectivity index (χ3v) is 4.80. The van der Waals surface area contributed by atoms with E-state index in [4.69, 9.17) is 5.73 Å². The molecule has 4 nitrogen and oxygen atoms in total. The van der Waals surface area contributed by atoms with Gasteiger partial charge in [-0.25, -0.2) is 15.0 Å². The molecule has 0 spiro atoms. The molecule has 0 fully saturated rings. The molecule has 2 N–H and O–H groups in total. The Morgan fingerprint density at radius 1 is 0.588 bits per heavy atom. The minimum Gasteiger partial charge on any atom is -0.322 e. The molecule has 3 heterocycles. The Morgan fingerprint density at radius 2 is 1.00 bits per heavy atom. The summed E-state index contributed by atoms with van der Waals surface area (Å²) in [7, 11) is 0. The van der Waals surface area contributed by atoms with Crippen LogP contribution in [0.4, 0.5) is 39.5 Å². The van der Waals surface area contributed by atoms with Crippen molar-refractivity contribution in [3.05, 3.63) is 88.8 Å². The average molecular weight is 494 g/mol. The van der Waals surface area contributed by atoms with Crippen LogP contribution in [0, 0.1) is 0 Å². The Morgan fingerprint density at radius 3 is 1.50 bits per heavy atom. The molecule has 3 aromatic rings. The molecule has 34 heavy (non-hydrogen) atoms. The third kappa shape index (κ3) is 6.01. The quantitative estimate of drug-likeness (QED) is 0.445. The summed E-state index contributed by atoms with van der Waals surface area (Å²) in [6.07, 6.45) is -14.9. The van der Waals surface area contributed by atoms with Gasteiger partial charge in [0.1, 0.15) is 17.1 Å². The van der Waals surface area contributed by atoms with Crippen molar-refractivity contribution in [2.75, 3.05) is 0 Å². The minimum atomic E-state index is -4.84. The summed E-state index contributed by atoms with van der Waals surface area (Å²) in [5.74, 6) is -1.28.